The third-order valence-electron chi connectivity index (χ3n) is 5.82. The van der Waals surface area contributed by atoms with Crippen LogP contribution in [-0.2, 0) is 6.54 Å². The molecule has 0 aliphatic carbocycles. The van der Waals surface area contributed by atoms with E-state index in [0.717, 1.165) is 53.0 Å². The fourth-order valence-electron chi connectivity index (χ4n) is 4.18. The second-order valence-electron chi connectivity index (χ2n) is 8.47. The molecule has 0 atom stereocenters. The Morgan fingerprint density at radius 3 is 2.50 bits per heavy atom. The van der Waals surface area contributed by atoms with Crippen LogP contribution in [0.3, 0.4) is 0 Å². The number of aromatic nitrogens is 3. The van der Waals surface area contributed by atoms with Gasteiger partial charge in [0.1, 0.15) is 24.0 Å². The molecule has 156 valence electrons. The molecule has 3 heterocycles. The number of nitrogens with zero attached hydrogens (tertiary/aromatic N) is 4. The molecule has 1 aromatic carbocycles. The predicted molar refractivity (Wildman–Crippen MR) is 121 cm³/mol. The molecule has 0 saturated carbocycles. The Bertz CT molecular complexity index is 1090. The van der Waals surface area contributed by atoms with E-state index in [1.54, 1.807) is 0 Å². The van der Waals surface area contributed by atoms with Gasteiger partial charge in [-0.2, -0.15) is 0 Å². The van der Waals surface area contributed by atoms with Gasteiger partial charge >= 0.3 is 0 Å². The second-order valence-corrected chi connectivity index (χ2v) is 8.47. The minimum Gasteiger partial charge on any atom is -0.491 e. The van der Waals surface area contributed by atoms with Crippen LogP contribution in [0.15, 0.2) is 30.5 Å². The molecular weight excluding hydrogens is 372 g/mol. The van der Waals surface area contributed by atoms with E-state index in [-0.39, 0.29) is 0 Å². The third kappa shape index (κ3) is 3.89. The van der Waals surface area contributed by atoms with Gasteiger partial charge in [0, 0.05) is 40.8 Å². The van der Waals surface area contributed by atoms with Crippen LogP contribution < -0.4 is 9.64 Å². The molecule has 1 aliphatic rings. The topological polar surface area (TPSA) is 51.1 Å². The Morgan fingerprint density at radius 1 is 0.967 bits per heavy atom. The average molecular weight is 403 g/mol. The molecule has 0 bridgehead atoms. The lowest BCUT2D eigenvalue weighted by Gasteiger charge is -2.26. The van der Waals surface area contributed by atoms with Crippen LogP contribution >= 0.6 is 0 Å². The summed E-state index contributed by atoms with van der Waals surface area (Å²) in [5.41, 5.74) is 8.02. The average Bonchev–Trinajstić information content (AvgIpc) is 2.90. The van der Waals surface area contributed by atoms with Crippen molar-refractivity contribution in [2.75, 3.05) is 18.1 Å². The molecule has 5 heteroatoms. The summed E-state index contributed by atoms with van der Waals surface area (Å²) in [6, 6.07) is 8.64. The summed E-state index contributed by atoms with van der Waals surface area (Å²) in [4.78, 5) is 16.3. The summed E-state index contributed by atoms with van der Waals surface area (Å²) in [6.07, 6.45) is 1.95. The maximum absolute atomic E-state index is 6.09. The lowest BCUT2D eigenvalue weighted by atomic mass is 10.00. The van der Waals surface area contributed by atoms with Gasteiger partial charge < -0.3 is 9.64 Å². The quantitative estimate of drug-likeness (QED) is 0.595. The summed E-state index contributed by atoms with van der Waals surface area (Å²) in [6.45, 7) is 14.8. The number of ether oxygens (including phenoxy) is 1. The first-order chi connectivity index (χ1) is 14.3. The molecule has 0 amide bonds. The van der Waals surface area contributed by atoms with Crippen molar-refractivity contribution in [3.05, 3.63) is 64.4 Å². The van der Waals surface area contributed by atoms with Gasteiger partial charge in [0.15, 0.2) is 0 Å². The van der Waals surface area contributed by atoms with E-state index in [4.69, 9.17) is 9.72 Å². The van der Waals surface area contributed by atoms with E-state index >= 15 is 0 Å². The molecule has 0 fully saturated rings. The van der Waals surface area contributed by atoms with Crippen LogP contribution in [0.25, 0.3) is 11.1 Å². The van der Waals surface area contributed by atoms with Crippen molar-refractivity contribution >= 4 is 5.82 Å². The van der Waals surface area contributed by atoms with Crippen molar-refractivity contribution in [1.29, 1.82) is 0 Å². The number of benzene rings is 1. The van der Waals surface area contributed by atoms with E-state index in [1.165, 1.54) is 16.7 Å². The van der Waals surface area contributed by atoms with Gasteiger partial charge in [0.25, 0.3) is 0 Å². The standard InChI is InChI=1S/C25H30N4O/c1-15(2)24-18(5)27-19(6)28-25(24)29-9-10-30-23-8-7-20(12-22(23)14-29)21-11-16(3)17(4)26-13-21/h7-8,11-13,15H,9-10,14H2,1-6H3. The first kappa shape index (κ1) is 20.3. The molecule has 4 rings (SSSR count). The molecule has 0 N–H and O–H groups in total. The monoisotopic (exact) mass is 402 g/mol. The van der Waals surface area contributed by atoms with E-state index in [2.05, 4.69) is 66.8 Å². The minimum atomic E-state index is 0.359. The number of pyridine rings is 1. The van der Waals surface area contributed by atoms with Crippen molar-refractivity contribution < 1.29 is 4.74 Å². The third-order valence-corrected chi connectivity index (χ3v) is 5.82. The van der Waals surface area contributed by atoms with E-state index in [1.807, 2.05) is 20.0 Å². The van der Waals surface area contributed by atoms with Crippen LogP contribution in [0, 0.1) is 27.7 Å². The Balaban J connectivity index is 1.74. The van der Waals surface area contributed by atoms with E-state index < -0.39 is 0 Å². The zero-order valence-corrected chi connectivity index (χ0v) is 18.8. The molecule has 0 saturated heterocycles. The molecule has 0 radical (unpaired) electrons. The van der Waals surface area contributed by atoms with Crippen molar-refractivity contribution in [3.8, 4) is 16.9 Å². The molecule has 0 spiro atoms. The van der Waals surface area contributed by atoms with Gasteiger partial charge in [-0.25, -0.2) is 9.97 Å². The molecule has 1 aliphatic heterocycles. The van der Waals surface area contributed by atoms with Crippen molar-refractivity contribution in [3.63, 3.8) is 0 Å². The van der Waals surface area contributed by atoms with Gasteiger partial charge in [0.2, 0.25) is 0 Å². The Labute approximate surface area is 179 Å². The maximum atomic E-state index is 6.09. The highest BCUT2D eigenvalue weighted by atomic mass is 16.5. The fourth-order valence-corrected chi connectivity index (χ4v) is 4.18. The highest BCUT2D eigenvalue weighted by Gasteiger charge is 2.23. The van der Waals surface area contributed by atoms with Crippen LogP contribution in [-0.4, -0.2) is 28.1 Å². The number of aryl methyl sites for hydroxylation is 4. The summed E-state index contributed by atoms with van der Waals surface area (Å²) in [5.74, 6) is 3.15. The highest BCUT2D eigenvalue weighted by molar-refractivity contribution is 5.66. The molecule has 5 nitrogen and oxygen atoms in total. The second kappa shape index (κ2) is 8.05. The smallest absolute Gasteiger partial charge is 0.136 e. The highest BCUT2D eigenvalue weighted by Crippen LogP contribution is 2.34. The summed E-state index contributed by atoms with van der Waals surface area (Å²) in [5, 5.41) is 0. The zero-order valence-electron chi connectivity index (χ0n) is 18.8. The molecule has 3 aromatic rings. The zero-order chi connectivity index (χ0) is 21.4. The Kier molecular flexibility index (Phi) is 5.46. The summed E-state index contributed by atoms with van der Waals surface area (Å²) < 4.78 is 6.09. The van der Waals surface area contributed by atoms with E-state index in [0.29, 0.717) is 12.5 Å². The Morgan fingerprint density at radius 2 is 1.77 bits per heavy atom. The molecular formula is C25H30N4O. The normalized spacial score (nSPS) is 13.8. The first-order valence-corrected chi connectivity index (χ1v) is 10.6. The lowest BCUT2D eigenvalue weighted by Crippen LogP contribution is -2.28. The van der Waals surface area contributed by atoms with Gasteiger partial charge in [-0.05, 0) is 62.9 Å². The largest absolute Gasteiger partial charge is 0.491 e. The number of fused-ring (bicyclic) bond motifs is 1. The summed E-state index contributed by atoms with van der Waals surface area (Å²) in [7, 11) is 0. The van der Waals surface area contributed by atoms with Crippen LogP contribution in [0.5, 0.6) is 5.75 Å². The summed E-state index contributed by atoms with van der Waals surface area (Å²) >= 11 is 0. The predicted octanol–water partition coefficient (Wildman–Crippen LogP) is 5.29. The number of hydrogen-bond donors (Lipinski definition) is 0. The number of anilines is 1. The van der Waals surface area contributed by atoms with Crippen molar-refractivity contribution in [1.82, 2.24) is 15.0 Å². The van der Waals surface area contributed by atoms with Crippen LogP contribution in [0.4, 0.5) is 5.82 Å². The SMILES string of the molecule is Cc1nc(C)c(C(C)C)c(N2CCOc3ccc(-c4cnc(C)c(C)c4)cc3C2)n1. The van der Waals surface area contributed by atoms with Crippen molar-refractivity contribution in [2.24, 2.45) is 0 Å². The van der Waals surface area contributed by atoms with Crippen LogP contribution in [0.2, 0.25) is 0 Å². The van der Waals surface area contributed by atoms with E-state index in [9.17, 15) is 0 Å². The van der Waals surface area contributed by atoms with Crippen molar-refractivity contribution in [2.45, 2.75) is 54.0 Å². The van der Waals surface area contributed by atoms with Gasteiger partial charge in [-0.1, -0.05) is 19.9 Å². The molecule has 0 unspecified atom stereocenters. The number of rotatable bonds is 3. The molecule has 2 aromatic heterocycles. The first-order valence-electron chi connectivity index (χ1n) is 10.6. The minimum absolute atomic E-state index is 0.359. The van der Waals surface area contributed by atoms with Gasteiger partial charge in [-0.3, -0.25) is 4.98 Å². The number of hydrogen-bond acceptors (Lipinski definition) is 5. The fraction of sp³-hybridized carbons (Fsp3) is 0.400. The Hall–Kier alpha value is -2.95. The maximum Gasteiger partial charge on any atom is 0.136 e. The van der Waals surface area contributed by atoms with Gasteiger partial charge in [-0.15, -0.1) is 0 Å². The van der Waals surface area contributed by atoms with Crippen LogP contribution in [0.1, 0.15) is 53.7 Å². The van der Waals surface area contributed by atoms with Gasteiger partial charge in [0.05, 0.1) is 6.54 Å². The lowest BCUT2D eigenvalue weighted by molar-refractivity contribution is 0.331. The molecule has 30 heavy (non-hydrogen) atoms.